The van der Waals surface area contributed by atoms with Gasteiger partial charge in [-0.2, -0.15) is 0 Å². The fraction of sp³-hybridized carbons (Fsp3) is 0.562. The van der Waals surface area contributed by atoms with Gasteiger partial charge in [0, 0.05) is 18.7 Å². The van der Waals surface area contributed by atoms with E-state index in [-0.39, 0.29) is 17.9 Å². The first kappa shape index (κ1) is 16.5. The van der Waals surface area contributed by atoms with Crippen LogP contribution >= 0.6 is 0 Å². The minimum absolute atomic E-state index is 0.0837. The molecule has 112 valence electrons. The lowest BCUT2D eigenvalue weighted by Crippen LogP contribution is -2.26. The summed E-state index contributed by atoms with van der Waals surface area (Å²) in [5, 5.41) is 12.0. The molecule has 2 N–H and O–H groups in total. The van der Waals surface area contributed by atoms with E-state index in [9.17, 15) is 4.79 Å². The molecule has 4 heteroatoms. The molecule has 20 heavy (non-hydrogen) atoms. The summed E-state index contributed by atoms with van der Waals surface area (Å²) >= 11 is 0. The zero-order chi connectivity index (χ0) is 15.0. The maximum absolute atomic E-state index is 12.0. The summed E-state index contributed by atoms with van der Waals surface area (Å²) < 4.78 is 5.37. The van der Waals surface area contributed by atoms with Gasteiger partial charge in [-0.3, -0.25) is 4.79 Å². The maximum Gasteiger partial charge on any atom is 0.251 e. The first-order valence-corrected chi connectivity index (χ1v) is 7.10. The van der Waals surface area contributed by atoms with Crippen LogP contribution in [0.1, 0.15) is 44.0 Å². The first-order valence-electron chi connectivity index (χ1n) is 7.10. The first-order chi connectivity index (χ1) is 9.48. The minimum Gasteiger partial charge on any atom is -0.494 e. The fourth-order valence-corrected chi connectivity index (χ4v) is 1.84. The zero-order valence-corrected chi connectivity index (χ0v) is 12.6. The van der Waals surface area contributed by atoms with Crippen molar-refractivity contribution < 1.29 is 14.6 Å². The van der Waals surface area contributed by atoms with Crippen LogP contribution in [0.5, 0.6) is 5.75 Å². The summed E-state index contributed by atoms with van der Waals surface area (Å²) in [6.07, 6.45) is 1.73. The van der Waals surface area contributed by atoms with Gasteiger partial charge in [0.05, 0.1) is 6.61 Å². The summed E-state index contributed by atoms with van der Waals surface area (Å²) in [5.74, 6) is 0.620. The van der Waals surface area contributed by atoms with Gasteiger partial charge in [0.25, 0.3) is 5.91 Å². The molecular formula is C16H25NO3. The number of carbonyl (C=O) groups excluding carboxylic acids is 1. The quantitative estimate of drug-likeness (QED) is 0.719. The van der Waals surface area contributed by atoms with Crippen LogP contribution in [0, 0.1) is 5.41 Å². The smallest absolute Gasteiger partial charge is 0.251 e. The van der Waals surface area contributed by atoms with Gasteiger partial charge in [-0.15, -0.1) is 0 Å². The van der Waals surface area contributed by atoms with E-state index in [0.29, 0.717) is 24.5 Å². The molecule has 1 aromatic carbocycles. The second kappa shape index (κ2) is 7.90. The van der Waals surface area contributed by atoms with Crippen LogP contribution in [0.15, 0.2) is 24.3 Å². The normalized spacial score (nSPS) is 11.2. The predicted octanol–water partition coefficient (Wildman–Crippen LogP) is 2.61. The highest BCUT2D eigenvalue weighted by Crippen LogP contribution is 2.20. The van der Waals surface area contributed by atoms with E-state index in [2.05, 4.69) is 5.32 Å². The van der Waals surface area contributed by atoms with E-state index >= 15 is 0 Å². The molecule has 0 fully saturated rings. The molecule has 0 radical (unpaired) electrons. The van der Waals surface area contributed by atoms with Gasteiger partial charge < -0.3 is 15.2 Å². The fourth-order valence-electron chi connectivity index (χ4n) is 1.84. The third-order valence-electron chi connectivity index (χ3n) is 3.15. The Hall–Kier alpha value is -1.55. The summed E-state index contributed by atoms with van der Waals surface area (Å²) in [4.78, 5) is 12.0. The van der Waals surface area contributed by atoms with Crippen LogP contribution in [0.2, 0.25) is 0 Å². The number of carbonyl (C=O) groups is 1. The summed E-state index contributed by atoms with van der Waals surface area (Å²) in [5.41, 5.74) is 0.525. The van der Waals surface area contributed by atoms with Crippen LogP contribution in [0.25, 0.3) is 0 Å². The number of ether oxygens (including phenoxy) is 1. The zero-order valence-electron chi connectivity index (χ0n) is 12.6. The van der Waals surface area contributed by atoms with Crippen LogP contribution < -0.4 is 10.1 Å². The van der Waals surface area contributed by atoms with Crippen molar-refractivity contribution in [1.82, 2.24) is 5.32 Å². The van der Waals surface area contributed by atoms with Crippen molar-refractivity contribution >= 4 is 5.91 Å². The molecule has 1 aromatic rings. The summed E-state index contributed by atoms with van der Waals surface area (Å²) in [7, 11) is 0. The number of benzene rings is 1. The van der Waals surface area contributed by atoms with Crippen LogP contribution in [-0.4, -0.2) is 30.8 Å². The Kier molecular flexibility index (Phi) is 6.52. The molecule has 0 saturated heterocycles. The van der Waals surface area contributed by atoms with Gasteiger partial charge in [0.15, 0.2) is 0 Å². The van der Waals surface area contributed by atoms with Gasteiger partial charge in [-0.05, 0) is 43.4 Å². The molecule has 0 atom stereocenters. The Morgan fingerprint density at radius 3 is 2.80 bits per heavy atom. The van der Waals surface area contributed by atoms with Crippen molar-refractivity contribution in [3.05, 3.63) is 29.8 Å². The highest BCUT2D eigenvalue weighted by Gasteiger charge is 2.15. The van der Waals surface area contributed by atoms with Gasteiger partial charge in [-0.25, -0.2) is 0 Å². The molecule has 0 aromatic heterocycles. The minimum atomic E-state index is -0.0895. The number of aliphatic hydroxyl groups excluding tert-OH is 1. The number of hydrogen-bond donors (Lipinski definition) is 2. The predicted molar refractivity (Wildman–Crippen MR) is 80.0 cm³/mol. The van der Waals surface area contributed by atoms with Crippen molar-refractivity contribution in [3.63, 3.8) is 0 Å². The number of rotatable bonds is 8. The second-order valence-corrected chi connectivity index (χ2v) is 5.64. The monoisotopic (exact) mass is 279 g/mol. The van der Waals surface area contributed by atoms with Crippen molar-refractivity contribution in [2.45, 2.75) is 33.6 Å². The van der Waals surface area contributed by atoms with E-state index in [4.69, 9.17) is 9.84 Å². The highest BCUT2D eigenvalue weighted by molar-refractivity contribution is 5.94. The van der Waals surface area contributed by atoms with E-state index in [1.54, 1.807) is 12.1 Å². The number of aliphatic hydroxyl groups is 1. The second-order valence-electron chi connectivity index (χ2n) is 5.64. The summed E-state index contributed by atoms with van der Waals surface area (Å²) in [6, 6.07) is 7.17. The molecule has 1 amide bonds. The molecule has 0 heterocycles. The summed E-state index contributed by atoms with van der Waals surface area (Å²) in [6.45, 7) is 7.30. The standard InChI is InChI=1S/C16H25NO3/c1-4-20-14-8-5-7-13(11-14)15(19)17-10-6-9-16(2,3)12-18/h5,7-8,11,18H,4,6,9-10,12H2,1-3H3,(H,17,19). The van der Waals surface area contributed by atoms with Crippen molar-refractivity contribution in [2.24, 2.45) is 5.41 Å². The topological polar surface area (TPSA) is 58.6 Å². The number of amides is 1. The lowest BCUT2D eigenvalue weighted by atomic mass is 9.89. The Morgan fingerprint density at radius 1 is 1.40 bits per heavy atom. The Labute approximate surface area is 121 Å². The van der Waals surface area contributed by atoms with E-state index in [0.717, 1.165) is 12.8 Å². The van der Waals surface area contributed by atoms with Gasteiger partial charge >= 0.3 is 0 Å². The molecular weight excluding hydrogens is 254 g/mol. The van der Waals surface area contributed by atoms with Crippen LogP contribution in [-0.2, 0) is 0 Å². The molecule has 0 spiro atoms. The van der Waals surface area contributed by atoms with Crippen LogP contribution in [0.3, 0.4) is 0 Å². The molecule has 0 bridgehead atoms. The lowest BCUT2D eigenvalue weighted by Gasteiger charge is -2.21. The van der Waals surface area contributed by atoms with Gasteiger partial charge in [-0.1, -0.05) is 19.9 Å². The van der Waals surface area contributed by atoms with Crippen molar-refractivity contribution in [3.8, 4) is 5.75 Å². The Morgan fingerprint density at radius 2 is 2.15 bits per heavy atom. The molecule has 1 rings (SSSR count). The van der Waals surface area contributed by atoms with E-state index < -0.39 is 0 Å². The average molecular weight is 279 g/mol. The van der Waals surface area contributed by atoms with Crippen LogP contribution in [0.4, 0.5) is 0 Å². The molecule has 4 nitrogen and oxygen atoms in total. The van der Waals surface area contributed by atoms with Gasteiger partial charge in [0.2, 0.25) is 0 Å². The molecule has 0 unspecified atom stereocenters. The van der Waals surface area contributed by atoms with E-state index in [1.807, 2.05) is 32.9 Å². The lowest BCUT2D eigenvalue weighted by molar-refractivity contribution is 0.0948. The van der Waals surface area contributed by atoms with E-state index in [1.165, 1.54) is 0 Å². The number of nitrogens with one attached hydrogen (secondary N) is 1. The SMILES string of the molecule is CCOc1cccc(C(=O)NCCCC(C)(C)CO)c1. The Bertz CT molecular complexity index is 429. The van der Waals surface area contributed by atoms with Crippen molar-refractivity contribution in [1.29, 1.82) is 0 Å². The largest absolute Gasteiger partial charge is 0.494 e. The molecule has 0 aliphatic heterocycles. The molecule has 0 aliphatic carbocycles. The third kappa shape index (κ3) is 5.61. The average Bonchev–Trinajstić information content (AvgIpc) is 2.44. The van der Waals surface area contributed by atoms with Gasteiger partial charge in [0.1, 0.15) is 5.75 Å². The van der Waals surface area contributed by atoms with Crippen molar-refractivity contribution in [2.75, 3.05) is 19.8 Å². The highest BCUT2D eigenvalue weighted by atomic mass is 16.5. The maximum atomic E-state index is 12.0. The number of hydrogen-bond acceptors (Lipinski definition) is 3. The third-order valence-corrected chi connectivity index (χ3v) is 3.15. The Balaban J connectivity index is 2.41. The molecule has 0 saturated carbocycles. The molecule has 0 aliphatic rings.